The Bertz CT molecular complexity index is 238. The second-order valence-corrected chi connectivity index (χ2v) is 7.09. The van der Waals surface area contributed by atoms with Gasteiger partial charge in [-0.3, -0.25) is 0 Å². The van der Waals surface area contributed by atoms with Crippen LogP contribution in [0.15, 0.2) is 30.3 Å². The van der Waals surface area contributed by atoms with Gasteiger partial charge < -0.3 is 0 Å². The number of rotatable bonds is 4. The zero-order valence-corrected chi connectivity index (χ0v) is 9.67. The van der Waals surface area contributed by atoms with E-state index in [2.05, 4.69) is 0 Å². The van der Waals surface area contributed by atoms with Crippen LogP contribution < -0.4 is 3.87 Å². The van der Waals surface area contributed by atoms with Crippen LogP contribution in [0.2, 0.25) is 0 Å². The van der Waals surface area contributed by atoms with Crippen LogP contribution in [0.1, 0.15) is 0 Å². The van der Waals surface area contributed by atoms with Crippen molar-refractivity contribution in [3.63, 3.8) is 0 Å². The monoisotopic (exact) mass is 218 g/mol. The first-order valence-corrected chi connectivity index (χ1v) is 6.69. The molecule has 0 amide bonds. The molecule has 4 heteroatoms. The van der Waals surface area contributed by atoms with Crippen molar-refractivity contribution in [3.05, 3.63) is 30.3 Å². The molecule has 72 valence electrons. The van der Waals surface area contributed by atoms with Crippen LogP contribution in [0.25, 0.3) is 0 Å². The maximum atomic E-state index is 5.37. The van der Waals surface area contributed by atoms with Crippen molar-refractivity contribution in [1.29, 1.82) is 0 Å². The maximum absolute atomic E-state index is 5.37. The average molecular weight is 218 g/mol. The minimum absolute atomic E-state index is 1.02. The molecule has 0 saturated carbocycles. The van der Waals surface area contributed by atoms with Gasteiger partial charge in [0, 0.05) is 0 Å². The Labute approximate surface area is 83.4 Å². The average Bonchev–Trinajstić information content (AvgIpc) is 2.23. The van der Waals surface area contributed by atoms with Gasteiger partial charge in [-0.15, -0.1) is 0 Å². The van der Waals surface area contributed by atoms with E-state index in [1.807, 2.05) is 30.3 Å². The van der Waals surface area contributed by atoms with Crippen molar-refractivity contribution >= 4 is 3.87 Å². The van der Waals surface area contributed by atoms with Crippen LogP contribution >= 0.6 is 0 Å². The van der Waals surface area contributed by atoms with Crippen molar-refractivity contribution in [2.45, 2.75) is 0 Å². The van der Waals surface area contributed by atoms with Gasteiger partial charge in [-0.05, 0) is 0 Å². The third-order valence-electron chi connectivity index (χ3n) is 1.93. The van der Waals surface area contributed by atoms with Crippen LogP contribution in [0.4, 0.5) is 0 Å². The van der Waals surface area contributed by atoms with E-state index in [0.717, 1.165) is 3.87 Å². The first kappa shape index (κ1) is 10.9. The van der Waals surface area contributed by atoms with Crippen molar-refractivity contribution in [2.24, 2.45) is 0 Å². The van der Waals surface area contributed by atoms with E-state index in [1.165, 1.54) is 0 Å². The zero-order valence-electron chi connectivity index (χ0n) is 8.11. The third-order valence-corrected chi connectivity index (χ3v) is 6.08. The third kappa shape index (κ3) is 2.19. The van der Waals surface area contributed by atoms with E-state index in [-0.39, 0.29) is 0 Å². The van der Waals surface area contributed by atoms with Crippen LogP contribution in [-0.2, 0) is 27.7 Å². The van der Waals surface area contributed by atoms with Gasteiger partial charge in [0.1, 0.15) is 0 Å². The predicted molar refractivity (Wildman–Crippen MR) is 47.1 cm³/mol. The molecule has 0 aliphatic carbocycles. The van der Waals surface area contributed by atoms with Crippen LogP contribution in [0, 0.1) is 0 Å². The second kappa shape index (κ2) is 4.89. The first-order valence-electron chi connectivity index (χ1n) is 4.00. The van der Waals surface area contributed by atoms with Gasteiger partial charge in [0.15, 0.2) is 0 Å². The molecular weight excluding hydrogens is 204 g/mol. The second-order valence-electron chi connectivity index (χ2n) is 2.53. The summed E-state index contributed by atoms with van der Waals surface area (Å²) in [4.78, 5) is 0. The fourth-order valence-corrected chi connectivity index (χ4v) is 4.07. The zero-order chi connectivity index (χ0) is 9.73. The van der Waals surface area contributed by atoms with E-state index in [9.17, 15) is 0 Å². The summed E-state index contributed by atoms with van der Waals surface area (Å²) in [5.74, 6) is 0. The molecule has 1 rings (SSSR count). The van der Waals surface area contributed by atoms with Gasteiger partial charge in [0.25, 0.3) is 0 Å². The van der Waals surface area contributed by atoms with Crippen molar-refractivity contribution in [1.82, 2.24) is 0 Å². The molecule has 0 spiro atoms. The molecule has 0 unspecified atom stereocenters. The van der Waals surface area contributed by atoms with E-state index >= 15 is 0 Å². The molecule has 1 aromatic rings. The summed E-state index contributed by atoms with van der Waals surface area (Å²) >= 11 is -3.12. The minimum atomic E-state index is -3.12. The Hall–Kier alpha value is -0.186. The molecule has 0 aliphatic rings. The van der Waals surface area contributed by atoms with E-state index in [1.54, 1.807) is 21.3 Å². The molecule has 0 aliphatic heterocycles. The number of hydrogen-bond donors (Lipinski definition) is 0. The summed E-state index contributed by atoms with van der Waals surface area (Å²) in [6, 6.07) is 9.79. The Balaban J connectivity index is 3.01. The molecular formula is C9H14O3Ti. The summed E-state index contributed by atoms with van der Waals surface area (Å²) in [6.45, 7) is 0. The molecule has 0 heterocycles. The van der Waals surface area contributed by atoms with Crippen molar-refractivity contribution in [3.8, 4) is 0 Å². The Kier molecular flexibility index (Phi) is 4.09. The van der Waals surface area contributed by atoms with Crippen molar-refractivity contribution in [2.75, 3.05) is 21.3 Å². The molecule has 0 radical (unpaired) electrons. The van der Waals surface area contributed by atoms with Gasteiger partial charge in [-0.2, -0.15) is 0 Å². The van der Waals surface area contributed by atoms with Gasteiger partial charge in [-0.1, -0.05) is 0 Å². The van der Waals surface area contributed by atoms with E-state index < -0.39 is 17.8 Å². The van der Waals surface area contributed by atoms with Gasteiger partial charge in [0.05, 0.1) is 0 Å². The summed E-state index contributed by atoms with van der Waals surface area (Å²) in [6.07, 6.45) is 0. The van der Waals surface area contributed by atoms with Crippen molar-refractivity contribution < 1.29 is 27.7 Å². The van der Waals surface area contributed by atoms with E-state index in [4.69, 9.17) is 9.96 Å². The fraction of sp³-hybridized carbons (Fsp3) is 0.333. The summed E-state index contributed by atoms with van der Waals surface area (Å²) in [7, 11) is 4.88. The Morgan fingerprint density at radius 3 is 1.69 bits per heavy atom. The number of hydrogen-bond acceptors (Lipinski definition) is 3. The molecule has 13 heavy (non-hydrogen) atoms. The molecule has 0 aromatic heterocycles. The molecule has 0 atom stereocenters. The molecule has 1 aromatic carbocycles. The molecule has 0 N–H and O–H groups in total. The summed E-state index contributed by atoms with van der Waals surface area (Å²) in [5.41, 5.74) is 0. The van der Waals surface area contributed by atoms with Crippen LogP contribution in [0.3, 0.4) is 0 Å². The van der Waals surface area contributed by atoms with Gasteiger partial charge >= 0.3 is 83.2 Å². The van der Waals surface area contributed by atoms with Gasteiger partial charge in [-0.25, -0.2) is 0 Å². The molecule has 0 fully saturated rings. The molecule has 3 nitrogen and oxygen atoms in total. The topological polar surface area (TPSA) is 27.7 Å². The quantitative estimate of drug-likeness (QED) is 0.709. The van der Waals surface area contributed by atoms with Gasteiger partial charge in [0.2, 0.25) is 0 Å². The molecule has 0 saturated heterocycles. The van der Waals surface area contributed by atoms with Crippen LogP contribution in [-0.4, -0.2) is 21.3 Å². The Morgan fingerprint density at radius 1 is 0.846 bits per heavy atom. The first-order chi connectivity index (χ1) is 6.29. The normalized spacial score (nSPS) is 11.6. The fourth-order valence-electron chi connectivity index (χ4n) is 1.25. The standard InChI is InChI=1S/C6H5.3CH3O.Ti/c1-2-4-6-5-3-1;3*1-2;/h1-5H;3*1H3;/q;3*-1;+3. The SMILES string of the molecule is C[O][Ti]([O]C)([O]C)[c]1ccccc1. The molecule has 0 bridgehead atoms. The van der Waals surface area contributed by atoms with E-state index in [0.29, 0.717) is 0 Å². The summed E-state index contributed by atoms with van der Waals surface area (Å²) in [5, 5.41) is 0. The Morgan fingerprint density at radius 2 is 1.31 bits per heavy atom. The van der Waals surface area contributed by atoms with Crippen LogP contribution in [0.5, 0.6) is 0 Å². The number of benzene rings is 1. The predicted octanol–water partition coefficient (Wildman–Crippen LogP) is 1.15. The summed E-state index contributed by atoms with van der Waals surface area (Å²) < 4.78 is 17.1.